The zero-order chi connectivity index (χ0) is 14.9. The highest BCUT2D eigenvalue weighted by atomic mass is 32.2. The largest absolute Gasteiger partial charge is 0.306 e. The molecule has 1 heterocycles. The van der Waals surface area contributed by atoms with Crippen LogP contribution in [0.5, 0.6) is 0 Å². The normalized spacial score (nSPS) is 14.2. The Hall–Kier alpha value is -2.14. The highest BCUT2D eigenvalue weighted by molar-refractivity contribution is 7.89. The maximum Gasteiger partial charge on any atom is 0.306 e. The summed E-state index contributed by atoms with van der Waals surface area (Å²) in [5.74, 6) is 0. The summed E-state index contributed by atoms with van der Waals surface area (Å²) in [6, 6.07) is 14.8. The summed E-state index contributed by atoms with van der Waals surface area (Å²) in [7, 11) is -3.53. The van der Waals surface area contributed by atoms with Gasteiger partial charge in [0.15, 0.2) is 6.54 Å². The Bertz CT molecular complexity index is 793. The summed E-state index contributed by atoms with van der Waals surface area (Å²) in [4.78, 5) is 2.90. The Balaban J connectivity index is 1.87. The fourth-order valence-electron chi connectivity index (χ4n) is 2.36. The number of hydrogen-bond acceptors (Lipinski definition) is 2. The highest BCUT2D eigenvalue weighted by Gasteiger charge is 2.22. The number of hydrazone groups is 1. The molecule has 0 amide bonds. The van der Waals surface area contributed by atoms with E-state index >= 15 is 0 Å². The van der Waals surface area contributed by atoms with Crippen LogP contribution in [0.4, 0.5) is 0 Å². The van der Waals surface area contributed by atoms with Crippen LogP contribution >= 0.6 is 0 Å². The van der Waals surface area contributed by atoms with Crippen LogP contribution < -0.4 is 4.83 Å². The topological polar surface area (TPSA) is 49.2 Å². The minimum absolute atomic E-state index is 0.278. The molecule has 0 atom stereocenters. The molecular formula is C16H17N2O2S+. The quantitative estimate of drug-likeness (QED) is 0.880. The molecule has 0 aliphatic carbocycles. The molecule has 0 radical (unpaired) electrons. The molecular weight excluding hydrogens is 284 g/mol. The molecule has 21 heavy (non-hydrogen) atoms. The van der Waals surface area contributed by atoms with E-state index in [-0.39, 0.29) is 4.90 Å². The number of benzene rings is 2. The van der Waals surface area contributed by atoms with Crippen LogP contribution in [-0.2, 0) is 16.4 Å². The van der Waals surface area contributed by atoms with Crippen LogP contribution in [0, 0.1) is 6.92 Å². The minimum Gasteiger partial charge on any atom is -0.197 e. The number of nitrogens with zero attached hydrogens (tertiary/aromatic N) is 1. The van der Waals surface area contributed by atoms with E-state index < -0.39 is 10.0 Å². The lowest BCUT2D eigenvalue weighted by Gasteiger charge is -2.12. The van der Waals surface area contributed by atoms with Crippen LogP contribution in [0.25, 0.3) is 0 Å². The summed E-state index contributed by atoms with van der Waals surface area (Å²) < 4.78 is 26.3. The van der Waals surface area contributed by atoms with Crippen LogP contribution in [-0.4, -0.2) is 25.9 Å². The zero-order valence-electron chi connectivity index (χ0n) is 11.8. The van der Waals surface area contributed by atoms with E-state index in [4.69, 9.17) is 0 Å². The number of aryl methyl sites for hydroxylation is 1. The van der Waals surface area contributed by atoms with Gasteiger partial charge in [-0.3, -0.25) is 0 Å². The smallest absolute Gasteiger partial charge is 0.197 e. The summed E-state index contributed by atoms with van der Waals surface area (Å²) in [5.41, 5.74) is 3.33. The molecule has 0 spiro atoms. The van der Waals surface area contributed by atoms with Gasteiger partial charge in [-0.2, -0.15) is 8.42 Å². The first-order chi connectivity index (χ1) is 10.0. The van der Waals surface area contributed by atoms with Gasteiger partial charge in [-0.1, -0.05) is 40.7 Å². The van der Waals surface area contributed by atoms with Crippen molar-refractivity contribution in [3.8, 4) is 0 Å². The van der Waals surface area contributed by atoms with E-state index in [0.29, 0.717) is 6.54 Å². The van der Waals surface area contributed by atoms with Gasteiger partial charge in [0.1, 0.15) is 0 Å². The highest BCUT2D eigenvalue weighted by Crippen LogP contribution is 2.13. The zero-order valence-corrected chi connectivity index (χ0v) is 12.6. The molecule has 4 nitrogen and oxygen atoms in total. The maximum absolute atomic E-state index is 12.4. The van der Waals surface area contributed by atoms with E-state index in [0.717, 1.165) is 17.5 Å². The van der Waals surface area contributed by atoms with Gasteiger partial charge >= 0.3 is 10.0 Å². The molecule has 0 bridgehead atoms. The summed E-state index contributed by atoms with van der Waals surface area (Å²) in [6.07, 6.45) is 2.66. The molecule has 108 valence electrons. The molecule has 0 unspecified atom stereocenters. The fraction of sp³-hybridized carbons (Fsp3) is 0.188. The average Bonchev–Trinajstić information content (AvgIpc) is 2.47. The van der Waals surface area contributed by atoms with Crippen molar-refractivity contribution in [2.24, 2.45) is 0 Å². The Morgan fingerprint density at radius 3 is 2.52 bits per heavy atom. The van der Waals surface area contributed by atoms with Gasteiger partial charge in [-0.05, 0) is 30.7 Å². The first kappa shape index (κ1) is 13.8. The van der Waals surface area contributed by atoms with Crippen LogP contribution in [0.3, 0.4) is 0 Å². The third-order valence-corrected chi connectivity index (χ3v) is 4.91. The molecule has 2 aromatic carbocycles. The van der Waals surface area contributed by atoms with Crippen molar-refractivity contribution in [2.45, 2.75) is 18.2 Å². The summed E-state index contributed by atoms with van der Waals surface area (Å²) in [5, 5.41) is 0. The van der Waals surface area contributed by atoms with Gasteiger partial charge in [-0.15, -0.1) is 4.68 Å². The third kappa shape index (κ3) is 2.97. The van der Waals surface area contributed by atoms with Crippen molar-refractivity contribution in [1.82, 2.24) is 4.83 Å². The molecule has 5 heteroatoms. The van der Waals surface area contributed by atoms with E-state index in [9.17, 15) is 8.42 Å². The average molecular weight is 301 g/mol. The molecule has 1 N–H and O–H groups in total. The van der Waals surface area contributed by atoms with Gasteiger partial charge in [0.2, 0.25) is 6.21 Å². The summed E-state index contributed by atoms with van der Waals surface area (Å²) >= 11 is 0. The number of fused-ring (bicyclic) bond motifs is 1. The summed E-state index contributed by atoms with van der Waals surface area (Å²) in [6.45, 7) is 2.56. The second-order valence-corrected chi connectivity index (χ2v) is 6.84. The monoisotopic (exact) mass is 301 g/mol. The Morgan fingerprint density at radius 2 is 1.76 bits per heavy atom. The minimum atomic E-state index is -3.53. The Kier molecular flexibility index (Phi) is 3.51. The van der Waals surface area contributed by atoms with Crippen LogP contribution in [0.1, 0.15) is 16.7 Å². The lowest BCUT2D eigenvalue weighted by molar-refractivity contribution is -0.560. The van der Waals surface area contributed by atoms with Gasteiger partial charge in [-0.25, -0.2) is 0 Å². The maximum atomic E-state index is 12.4. The Labute approximate surface area is 124 Å². The predicted molar refractivity (Wildman–Crippen MR) is 81.9 cm³/mol. The van der Waals surface area contributed by atoms with Gasteiger partial charge in [0.25, 0.3) is 0 Å². The molecule has 1 aliphatic rings. The van der Waals surface area contributed by atoms with Crippen molar-refractivity contribution >= 4 is 16.2 Å². The van der Waals surface area contributed by atoms with Crippen LogP contribution in [0.15, 0.2) is 53.4 Å². The first-order valence-electron chi connectivity index (χ1n) is 6.83. The molecule has 0 saturated heterocycles. The second kappa shape index (κ2) is 5.33. The molecule has 0 fully saturated rings. The van der Waals surface area contributed by atoms with E-state index in [1.165, 1.54) is 5.56 Å². The van der Waals surface area contributed by atoms with Crippen molar-refractivity contribution in [2.75, 3.05) is 6.54 Å². The van der Waals surface area contributed by atoms with E-state index in [2.05, 4.69) is 10.9 Å². The van der Waals surface area contributed by atoms with Crippen molar-refractivity contribution in [1.29, 1.82) is 0 Å². The number of hydrogen-bond donors (Lipinski definition) is 1. The number of nitrogens with one attached hydrogen (secondary N) is 1. The second-order valence-electron chi connectivity index (χ2n) is 5.18. The molecule has 2 aromatic rings. The lowest BCUT2D eigenvalue weighted by Crippen LogP contribution is -2.38. The fourth-order valence-corrected chi connectivity index (χ4v) is 3.41. The third-order valence-electron chi connectivity index (χ3n) is 3.54. The van der Waals surface area contributed by atoms with Crippen molar-refractivity contribution in [3.05, 3.63) is 65.2 Å². The molecule has 3 rings (SSSR count). The van der Waals surface area contributed by atoms with E-state index in [1.54, 1.807) is 28.9 Å². The first-order valence-corrected chi connectivity index (χ1v) is 8.31. The standard InChI is InChI=1S/C16H17N2O2S/c1-13-6-8-16(9-7-13)21(19,20)17-18-11-10-14-4-2-3-5-15(14)12-18/h2-9,12,17H,10-11H2,1H3/q+1. The Morgan fingerprint density at radius 1 is 1.05 bits per heavy atom. The van der Waals surface area contributed by atoms with Gasteiger partial charge in [0, 0.05) is 12.0 Å². The van der Waals surface area contributed by atoms with Crippen molar-refractivity contribution < 1.29 is 13.1 Å². The van der Waals surface area contributed by atoms with E-state index in [1.807, 2.05) is 31.3 Å². The number of hydrazine groups is 1. The molecule has 0 saturated carbocycles. The van der Waals surface area contributed by atoms with Crippen LogP contribution in [0.2, 0.25) is 0 Å². The van der Waals surface area contributed by atoms with Crippen molar-refractivity contribution in [3.63, 3.8) is 0 Å². The van der Waals surface area contributed by atoms with Gasteiger partial charge < -0.3 is 0 Å². The predicted octanol–water partition coefficient (Wildman–Crippen LogP) is 1.88. The number of sulfonamides is 1. The lowest BCUT2D eigenvalue weighted by atomic mass is 10.0. The number of rotatable bonds is 3. The van der Waals surface area contributed by atoms with Gasteiger partial charge in [0.05, 0.1) is 4.90 Å². The molecule has 0 aromatic heterocycles. The SMILES string of the molecule is Cc1ccc(S(=O)(=O)N[N+]2=Cc3ccccc3CC2)cc1. The molecule has 1 aliphatic heterocycles.